The Kier molecular flexibility index (Phi) is 5.72. The van der Waals surface area contributed by atoms with Crippen molar-refractivity contribution in [2.45, 2.75) is 59.2 Å². The Morgan fingerprint density at radius 3 is 2.76 bits per heavy atom. The number of anilines is 1. The summed E-state index contributed by atoms with van der Waals surface area (Å²) in [7, 11) is 0. The van der Waals surface area contributed by atoms with Crippen LogP contribution in [-0.2, 0) is 12.1 Å². The van der Waals surface area contributed by atoms with Crippen molar-refractivity contribution in [3.63, 3.8) is 0 Å². The molecule has 1 unspecified atom stereocenters. The number of aromatic amines is 1. The molecule has 8 heteroatoms. The van der Waals surface area contributed by atoms with Crippen LogP contribution in [-0.4, -0.2) is 31.7 Å². The minimum Gasteiger partial charge on any atom is -0.352 e. The van der Waals surface area contributed by atoms with Gasteiger partial charge in [-0.2, -0.15) is 10.1 Å². The van der Waals surface area contributed by atoms with Gasteiger partial charge in [0.2, 0.25) is 5.95 Å². The van der Waals surface area contributed by atoms with Gasteiger partial charge in [0.15, 0.2) is 5.65 Å². The van der Waals surface area contributed by atoms with Crippen LogP contribution in [0.1, 0.15) is 57.0 Å². The topological polar surface area (TPSA) is 105 Å². The number of nitrogens with zero attached hydrogens (tertiary/aromatic N) is 3. The van der Waals surface area contributed by atoms with Crippen molar-refractivity contribution in [3.8, 4) is 0 Å². The molecule has 3 rings (SSSR count). The number of aromatic nitrogens is 4. The third kappa shape index (κ3) is 4.64. The molecule has 1 amide bonds. The molecular weight excluding hydrogens is 368 g/mol. The largest absolute Gasteiger partial charge is 0.352 e. The van der Waals surface area contributed by atoms with Crippen molar-refractivity contribution in [3.05, 3.63) is 51.9 Å². The van der Waals surface area contributed by atoms with Gasteiger partial charge in [-0.15, -0.1) is 0 Å². The van der Waals surface area contributed by atoms with E-state index in [0.29, 0.717) is 29.1 Å². The fraction of sp³-hybridized carbons (Fsp3) is 0.429. The van der Waals surface area contributed by atoms with Crippen LogP contribution in [0.15, 0.2) is 35.3 Å². The maximum atomic E-state index is 12.4. The van der Waals surface area contributed by atoms with E-state index in [4.69, 9.17) is 0 Å². The number of nitrogens with one attached hydrogen (secondary N) is 3. The quantitative estimate of drug-likeness (QED) is 0.594. The Morgan fingerprint density at radius 1 is 1.31 bits per heavy atom. The van der Waals surface area contributed by atoms with Crippen LogP contribution in [0.2, 0.25) is 0 Å². The maximum absolute atomic E-state index is 12.4. The summed E-state index contributed by atoms with van der Waals surface area (Å²) in [4.78, 5) is 32.0. The highest BCUT2D eigenvalue weighted by molar-refractivity contribution is 5.94. The van der Waals surface area contributed by atoms with E-state index in [0.717, 1.165) is 12.0 Å². The zero-order valence-electron chi connectivity index (χ0n) is 17.5. The van der Waals surface area contributed by atoms with Crippen molar-refractivity contribution < 1.29 is 4.79 Å². The van der Waals surface area contributed by atoms with Gasteiger partial charge >= 0.3 is 0 Å². The van der Waals surface area contributed by atoms with Gasteiger partial charge in [-0.3, -0.25) is 14.6 Å². The number of carbonyl (C=O) groups is 1. The van der Waals surface area contributed by atoms with Gasteiger partial charge in [-0.25, -0.2) is 4.68 Å². The van der Waals surface area contributed by atoms with E-state index < -0.39 is 0 Å². The minimum atomic E-state index is -0.295. The number of rotatable bonds is 6. The Hall–Kier alpha value is -3.16. The normalized spacial score (nSPS) is 12.7. The van der Waals surface area contributed by atoms with Crippen molar-refractivity contribution in [2.24, 2.45) is 0 Å². The third-order valence-electron chi connectivity index (χ3n) is 4.71. The molecule has 154 valence electrons. The van der Waals surface area contributed by atoms with Crippen LogP contribution < -0.4 is 16.2 Å². The van der Waals surface area contributed by atoms with Crippen molar-refractivity contribution in [2.75, 3.05) is 5.32 Å². The highest BCUT2D eigenvalue weighted by Gasteiger charge is 2.19. The van der Waals surface area contributed by atoms with Crippen LogP contribution in [0.4, 0.5) is 5.95 Å². The lowest BCUT2D eigenvalue weighted by Gasteiger charge is -2.19. The Balaban J connectivity index is 1.80. The third-order valence-corrected chi connectivity index (χ3v) is 4.71. The molecular formula is C21H28N6O2. The second-order valence-corrected chi connectivity index (χ2v) is 8.22. The molecule has 3 aromatic rings. The monoisotopic (exact) mass is 396 g/mol. The predicted molar refractivity (Wildman–Crippen MR) is 114 cm³/mol. The van der Waals surface area contributed by atoms with Crippen LogP contribution in [0.5, 0.6) is 0 Å². The molecule has 29 heavy (non-hydrogen) atoms. The van der Waals surface area contributed by atoms with Gasteiger partial charge in [0.1, 0.15) is 5.39 Å². The van der Waals surface area contributed by atoms with Crippen LogP contribution in [0.3, 0.4) is 0 Å². The Morgan fingerprint density at radius 2 is 2.07 bits per heavy atom. The highest BCUT2D eigenvalue weighted by atomic mass is 16.1. The molecule has 2 heterocycles. The number of fused-ring (bicyclic) bond motifs is 1. The lowest BCUT2D eigenvalue weighted by atomic mass is 10.1. The fourth-order valence-electron chi connectivity index (χ4n) is 2.91. The first kappa shape index (κ1) is 20.6. The van der Waals surface area contributed by atoms with Crippen molar-refractivity contribution >= 4 is 22.9 Å². The predicted octanol–water partition coefficient (Wildman–Crippen LogP) is 3.02. The summed E-state index contributed by atoms with van der Waals surface area (Å²) in [5.41, 5.74) is 1.51. The van der Waals surface area contributed by atoms with E-state index in [1.54, 1.807) is 10.7 Å². The molecule has 0 aliphatic heterocycles. The van der Waals surface area contributed by atoms with E-state index >= 15 is 0 Å². The molecule has 1 aromatic carbocycles. The molecule has 8 nitrogen and oxygen atoms in total. The molecule has 0 aliphatic rings. The van der Waals surface area contributed by atoms with Crippen LogP contribution in [0.25, 0.3) is 11.0 Å². The van der Waals surface area contributed by atoms with Crippen molar-refractivity contribution in [1.82, 2.24) is 25.1 Å². The SMILES string of the molecule is CCC(C)NC(=O)c1cccc(CNc2nc3c(cnn3C(C)(C)C)c(=O)[nH]2)c1. The van der Waals surface area contributed by atoms with E-state index in [1.807, 2.05) is 52.8 Å². The number of hydrogen-bond donors (Lipinski definition) is 3. The summed E-state index contributed by atoms with van der Waals surface area (Å²) in [6, 6.07) is 7.51. The second-order valence-electron chi connectivity index (χ2n) is 8.22. The second kappa shape index (κ2) is 8.06. The summed E-state index contributed by atoms with van der Waals surface area (Å²) >= 11 is 0. The highest BCUT2D eigenvalue weighted by Crippen LogP contribution is 2.19. The van der Waals surface area contributed by atoms with Gasteiger partial charge in [0, 0.05) is 18.2 Å². The van der Waals surface area contributed by atoms with Crippen LogP contribution >= 0.6 is 0 Å². The lowest BCUT2D eigenvalue weighted by molar-refractivity contribution is 0.0939. The first-order valence-electron chi connectivity index (χ1n) is 9.81. The molecule has 0 aliphatic carbocycles. The number of benzene rings is 1. The molecule has 0 saturated heterocycles. The number of carbonyl (C=O) groups excluding carboxylic acids is 1. The summed E-state index contributed by atoms with van der Waals surface area (Å²) in [6.45, 7) is 10.4. The van der Waals surface area contributed by atoms with E-state index in [1.165, 1.54) is 6.20 Å². The first-order valence-corrected chi connectivity index (χ1v) is 9.81. The molecule has 2 aromatic heterocycles. The minimum absolute atomic E-state index is 0.0942. The summed E-state index contributed by atoms with van der Waals surface area (Å²) < 4.78 is 1.74. The lowest BCUT2D eigenvalue weighted by Crippen LogP contribution is -2.31. The van der Waals surface area contributed by atoms with Gasteiger partial charge in [0.05, 0.1) is 11.7 Å². The summed E-state index contributed by atoms with van der Waals surface area (Å²) in [5, 5.41) is 10.9. The van der Waals surface area contributed by atoms with Crippen LogP contribution in [0, 0.1) is 0 Å². The number of amides is 1. The first-order chi connectivity index (χ1) is 13.7. The van der Waals surface area contributed by atoms with Gasteiger partial charge in [0.25, 0.3) is 11.5 Å². The molecule has 1 atom stereocenters. The number of H-pyrrole nitrogens is 1. The molecule has 3 N–H and O–H groups in total. The zero-order valence-corrected chi connectivity index (χ0v) is 17.5. The zero-order chi connectivity index (χ0) is 21.2. The average Bonchev–Trinajstić information content (AvgIpc) is 3.11. The average molecular weight is 396 g/mol. The molecule has 0 bridgehead atoms. The molecule has 0 fully saturated rings. The van der Waals surface area contributed by atoms with Crippen molar-refractivity contribution in [1.29, 1.82) is 0 Å². The van der Waals surface area contributed by atoms with E-state index in [9.17, 15) is 9.59 Å². The van der Waals surface area contributed by atoms with E-state index in [-0.39, 0.29) is 23.0 Å². The Labute approximate surface area is 169 Å². The smallest absolute Gasteiger partial charge is 0.263 e. The van der Waals surface area contributed by atoms with Gasteiger partial charge in [-0.1, -0.05) is 19.1 Å². The standard InChI is InChI=1S/C21H28N6O2/c1-6-13(2)24-18(28)15-9-7-8-14(10-15)11-22-20-25-17-16(19(29)26-20)12-23-27(17)21(3,4)5/h7-10,12-13H,6,11H2,1-5H3,(H,24,28)(H2,22,25,26,29). The summed E-state index contributed by atoms with van der Waals surface area (Å²) in [6.07, 6.45) is 2.41. The molecule has 0 saturated carbocycles. The summed E-state index contributed by atoms with van der Waals surface area (Å²) in [5.74, 6) is 0.270. The molecule has 0 radical (unpaired) electrons. The van der Waals surface area contributed by atoms with Gasteiger partial charge < -0.3 is 10.6 Å². The number of hydrogen-bond acceptors (Lipinski definition) is 5. The molecule has 0 spiro atoms. The van der Waals surface area contributed by atoms with Gasteiger partial charge in [-0.05, 0) is 51.8 Å². The van der Waals surface area contributed by atoms with E-state index in [2.05, 4.69) is 25.7 Å². The Bertz CT molecular complexity index is 1080. The maximum Gasteiger partial charge on any atom is 0.263 e. The fourth-order valence-corrected chi connectivity index (χ4v) is 2.91.